The van der Waals surface area contributed by atoms with Crippen molar-refractivity contribution in [3.63, 3.8) is 0 Å². The number of hydrogen-bond acceptors (Lipinski definition) is 3. The molecule has 2 atom stereocenters. The lowest BCUT2D eigenvalue weighted by molar-refractivity contribution is 0.0392. The Morgan fingerprint density at radius 3 is 2.95 bits per heavy atom. The molecule has 2 fully saturated rings. The topological polar surface area (TPSA) is 30.5 Å². The highest BCUT2D eigenvalue weighted by Crippen LogP contribution is 2.32. The third-order valence-corrected chi connectivity index (χ3v) is 4.14. The van der Waals surface area contributed by atoms with Gasteiger partial charge in [-0.05, 0) is 49.9 Å². The van der Waals surface area contributed by atoms with Crippen LogP contribution in [0.3, 0.4) is 0 Å². The fourth-order valence-corrected chi connectivity index (χ4v) is 2.96. The van der Waals surface area contributed by atoms with Gasteiger partial charge in [0.05, 0.1) is 12.7 Å². The highest BCUT2D eigenvalue weighted by Gasteiger charge is 2.26. The maximum Gasteiger partial charge on any atom is 0.120 e. The first-order valence-electron chi connectivity index (χ1n) is 7.94. The molecule has 1 saturated heterocycles. The van der Waals surface area contributed by atoms with Gasteiger partial charge in [-0.1, -0.05) is 19.1 Å². The number of hydrogen-bond donors (Lipinski definition) is 1. The van der Waals surface area contributed by atoms with E-state index in [2.05, 4.69) is 36.5 Å². The third-order valence-electron chi connectivity index (χ3n) is 4.14. The molecule has 1 N–H and O–H groups in total. The molecule has 0 aromatic heterocycles. The van der Waals surface area contributed by atoms with Crippen molar-refractivity contribution in [2.45, 2.75) is 44.8 Å². The van der Waals surface area contributed by atoms with Gasteiger partial charge in [-0.25, -0.2) is 0 Å². The lowest BCUT2D eigenvalue weighted by atomic mass is 9.88. The van der Waals surface area contributed by atoms with Gasteiger partial charge in [0.1, 0.15) is 5.75 Å². The highest BCUT2D eigenvalue weighted by atomic mass is 16.5. The molecule has 0 amide bonds. The fourth-order valence-electron chi connectivity index (χ4n) is 2.96. The van der Waals surface area contributed by atoms with E-state index in [-0.39, 0.29) is 0 Å². The zero-order valence-electron chi connectivity index (χ0n) is 12.3. The molecule has 1 aromatic carbocycles. The average Bonchev–Trinajstić information content (AvgIpc) is 3.30. The Balaban J connectivity index is 1.74. The molecular formula is C17H25NO2. The minimum absolute atomic E-state index is 0.378. The third kappa shape index (κ3) is 3.53. The normalized spacial score (nSPS) is 24.4. The molecule has 3 heteroatoms. The second-order valence-corrected chi connectivity index (χ2v) is 5.90. The second kappa shape index (κ2) is 6.59. The number of rotatable bonds is 6. The summed E-state index contributed by atoms with van der Waals surface area (Å²) in [6.45, 7) is 4.93. The van der Waals surface area contributed by atoms with Crippen molar-refractivity contribution >= 4 is 0 Å². The highest BCUT2D eigenvalue weighted by molar-refractivity contribution is 5.31. The van der Waals surface area contributed by atoms with Crippen molar-refractivity contribution in [2.75, 3.05) is 19.8 Å². The zero-order valence-corrected chi connectivity index (χ0v) is 12.3. The van der Waals surface area contributed by atoms with E-state index >= 15 is 0 Å². The van der Waals surface area contributed by atoms with Crippen LogP contribution in [0.1, 0.15) is 44.2 Å². The Bertz CT molecular complexity index is 425. The van der Waals surface area contributed by atoms with Gasteiger partial charge in [-0.3, -0.25) is 0 Å². The summed E-state index contributed by atoms with van der Waals surface area (Å²) in [7, 11) is 0. The number of nitrogens with one attached hydrogen (secondary N) is 1. The summed E-state index contributed by atoms with van der Waals surface area (Å²) in [4.78, 5) is 0. The Morgan fingerprint density at radius 2 is 2.25 bits per heavy atom. The van der Waals surface area contributed by atoms with Gasteiger partial charge in [0.2, 0.25) is 0 Å². The summed E-state index contributed by atoms with van der Waals surface area (Å²) >= 11 is 0. The van der Waals surface area contributed by atoms with Gasteiger partial charge >= 0.3 is 0 Å². The molecule has 1 heterocycles. The largest absolute Gasteiger partial charge is 0.490 e. The van der Waals surface area contributed by atoms with E-state index in [1.165, 1.54) is 31.2 Å². The van der Waals surface area contributed by atoms with Crippen LogP contribution >= 0.6 is 0 Å². The van der Waals surface area contributed by atoms with Crippen LogP contribution in [0.5, 0.6) is 5.75 Å². The van der Waals surface area contributed by atoms with Crippen LogP contribution in [0.25, 0.3) is 0 Å². The molecule has 1 aromatic rings. The van der Waals surface area contributed by atoms with Gasteiger partial charge in [0.25, 0.3) is 0 Å². The van der Waals surface area contributed by atoms with Crippen molar-refractivity contribution in [3.8, 4) is 5.75 Å². The van der Waals surface area contributed by atoms with Crippen LogP contribution in [-0.4, -0.2) is 25.9 Å². The summed E-state index contributed by atoms with van der Waals surface area (Å²) in [5.74, 6) is 1.59. The molecule has 3 nitrogen and oxygen atoms in total. The van der Waals surface area contributed by atoms with Crippen LogP contribution in [0.15, 0.2) is 24.3 Å². The maximum atomic E-state index is 5.92. The van der Waals surface area contributed by atoms with Crippen molar-refractivity contribution in [2.24, 2.45) is 5.92 Å². The zero-order chi connectivity index (χ0) is 13.8. The first-order valence-corrected chi connectivity index (χ1v) is 7.94. The molecule has 20 heavy (non-hydrogen) atoms. The quantitative estimate of drug-likeness (QED) is 0.864. The van der Waals surface area contributed by atoms with E-state index in [0.717, 1.165) is 25.5 Å². The maximum absolute atomic E-state index is 5.92. The lowest BCUT2D eigenvalue weighted by Crippen LogP contribution is -2.33. The van der Waals surface area contributed by atoms with Crippen LogP contribution < -0.4 is 10.1 Å². The average molecular weight is 275 g/mol. The Morgan fingerprint density at radius 1 is 1.35 bits per heavy atom. The van der Waals surface area contributed by atoms with Crippen LogP contribution in [0.4, 0.5) is 0 Å². The monoisotopic (exact) mass is 275 g/mol. The Kier molecular flexibility index (Phi) is 4.58. The molecule has 2 unspecified atom stereocenters. The van der Waals surface area contributed by atoms with Crippen LogP contribution in [0, 0.1) is 5.92 Å². The van der Waals surface area contributed by atoms with E-state index in [1.54, 1.807) is 0 Å². The predicted octanol–water partition coefficient (Wildman–Crippen LogP) is 3.31. The van der Waals surface area contributed by atoms with E-state index in [0.29, 0.717) is 18.1 Å². The summed E-state index contributed by atoms with van der Waals surface area (Å²) in [6, 6.07) is 8.98. The molecule has 0 spiro atoms. The molecule has 2 aliphatic rings. The minimum atomic E-state index is 0.378. The smallest absolute Gasteiger partial charge is 0.120 e. The van der Waals surface area contributed by atoms with Gasteiger partial charge < -0.3 is 14.8 Å². The molecule has 1 saturated carbocycles. The van der Waals surface area contributed by atoms with Gasteiger partial charge in [-0.2, -0.15) is 0 Å². The van der Waals surface area contributed by atoms with Crippen molar-refractivity contribution in [1.29, 1.82) is 0 Å². The van der Waals surface area contributed by atoms with Gasteiger partial charge in [0, 0.05) is 18.6 Å². The van der Waals surface area contributed by atoms with Crippen molar-refractivity contribution < 1.29 is 9.47 Å². The fraction of sp³-hybridized carbons (Fsp3) is 0.647. The van der Waals surface area contributed by atoms with E-state index in [9.17, 15) is 0 Å². The Labute approximate surface area is 121 Å². The van der Waals surface area contributed by atoms with E-state index in [4.69, 9.17) is 9.47 Å². The standard InChI is InChI=1S/C17H25NO2/c1-2-18-17(14-6-4-10-19-12-14)13-5-3-7-16(11-13)20-15-8-9-15/h3,5,7,11,14-15,17-18H,2,4,6,8-10,12H2,1H3. The van der Waals surface area contributed by atoms with Crippen LogP contribution in [0.2, 0.25) is 0 Å². The molecule has 1 aliphatic carbocycles. The first kappa shape index (κ1) is 13.9. The first-order chi connectivity index (χ1) is 9.86. The van der Waals surface area contributed by atoms with Crippen molar-refractivity contribution in [1.82, 2.24) is 5.32 Å². The van der Waals surface area contributed by atoms with Crippen LogP contribution in [-0.2, 0) is 4.74 Å². The molecule has 110 valence electrons. The number of ether oxygens (including phenoxy) is 2. The summed E-state index contributed by atoms with van der Waals surface area (Å²) in [5.41, 5.74) is 1.33. The molecule has 0 bridgehead atoms. The van der Waals surface area contributed by atoms with Gasteiger partial charge in [0.15, 0.2) is 0 Å². The number of benzene rings is 1. The van der Waals surface area contributed by atoms with Crippen molar-refractivity contribution in [3.05, 3.63) is 29.8 Å². The summed E-state index contributed by atoms with van der Waals surface area (Å²) < 4.78 is 11.6. The predicted molar refractivity (Wildman–Crippen MR) is 80.1 cm³/mol. The SMILES string of the molecule is CCNC(c1cccc(OC2CC2)c1)C1CCCOC1. The minimum Gasteiger partial charge on any atom is -0.490 e. The molecule has 0 radical (unpaired) electrons. The molecule has 3 rings (SSSR count). The summed E-state index contributed by atoms with van der Waals surface area (Å²) in [5, 5.41) is 3.63. The van der Waals surface area contributed by atoms with E-state index < -0.39 is 0 Å². The lowest BCUT2D eigenvalue weighted by Gasteiger charge is -2.31. The molecule has 1 aliphatic heterocycles. The van der Waals surface area contributed by atoms with Gasteiger partial charge in [-0.15, -0.1) is 0 Å². The van der Waals surface area contributed by atoms with E-state index in [1.807, 2.05) is 0 Å². The summed E-state index contributed by atoms with van der Waals surface area (Å²) in [6.07, 6.45) is 5.28. The molecular weight excluding hydrogens is 250 g/mol. The Hall–Kier alpha value is -1.06. The second-order valence-electron chi connectivity index (χ2n) is 5.90.